The maximum atomic E-state index is 13.9. The first-order valence-corrected chi connectivity index (χ1v) is 12.8. The predicted octanol–water partition coefficient (Wildman–Crippen LogP) is 4.49. The summed E-state index contributed by atoms with van der Waals surface area (Å²) in [6.45, 7) is 2.58. The van der Waals surface area contributed by atoms with Gasteiger partial charge in [-0.15, -0.1) is 0 Å². The second kappa shape index (κ2) is 12.8. The van der Waals surface area contributed by atoms with E-state index >= 15 is 0 Å². The molecule has 212 valence electrons. The molecule has 0 radical (unpaired) electrons. The Morgan fingerprint density at radius 1 is 1.00 bits per heavy atom. The van der Waals surface area contributed by atoms with Crippen LogP contribution in [0.3, 0.4) is 0 Å². The predicted molar refractivity (Wildman–Crippen MR) is 146 cm³/mol. The van der Waals surface area contributed by atoms with Gasteiger partial charge in [0.25, 0.3) is 5.91 Å². The summed E-state index contributed by atoms with van der Waals surface area (Å²) in [5.74, 6) is -2.88. The molecule has 1 amide bonds. The number of carbonyl (C=O) groups is 1. The highest BCUT2D eigenvalue weighted by Crippen LogP contribution is 2.45. The van der Waals surface area contributed by atoms with Crippen LogP contribution in [0.5, 0.6) is 17.2 Å². The Labute approximate surface area is 230 Å². The Morgan fingerprint density at radius 3 is 2.38 bits per heavy atom. The van der Waals surface area contributed by atoms with Crippen molar-refractivity contribution in [3.63, 3.8) is 0 Å². The van der Waals surface area contributed by atoms with Crippen molar-refractivity contribution in [1.29, 1.82) is 0 Å². The lowest BCUT2D eigenvalue weighted by atomic mass is 9.99. The molecule has 4 N–H and O–H groups in total. The maximum Gasteiger partial charge on any atom is 0.259 e. The molecular formula is C30H32F2N2O6. The third kappa shape index (κ3) is 6.35. The third-order valence-electron chi connectivity index (χ3n) is 6.67. The smallest absolute Gasteiger partial charge is 0.259 e. The zero-order valence-corrected chi connectivity index (χ0v) is 22.5. The standard InChI is InChI=1S/C30H32F2N2O6/c1-4-17-6-5-7-18(10-17)15-33-16-24(35)23(13-19-11-20(31)14-21(32)12-19)34-30(37)25-26(36)29(39-3)28-22(8-9-40-28)27(25)38-2/h5-12,14,23-24,33,35-36H,4,13,15-16H2,1-3H3,(H,34,37)/t23-,24+/m0/s1. The Morgan fingerprint density at radius 2 is 1.70 bits per heavy atom. The number of methoxy groups -OCH3 is 2. The summed E-state index contributed by atoms with van der Waals surface area (Å²) >= 11 is 0. The van der Waals surface area contributed by atoms with Crippen molar-refractivity contribution in [3.8, 4) is 17.2 Å². The molecule has 0 aliphatic carbocycles. The summed E-state index contributed by atoms with van der Waals surface area (Å²) in [4.78, 5) is 13.6. The van der Waals surface area contributed by atoms with Crippen LogP contribution >= 0.6 is 0 Å². The number of halogens is 2. The van der Waals surface area contributed by atoms with Gasteiger partial charge in [0, 0.05) is 19.2 Å². The summed E-state index contributed by atoms with van der Waals surface area (Å²) in [7, 11) is 2.65. The molecule has 0 unspecified atom stereocenters. The summed E-state index contributed by atoms with van der Waals surface area (Å²) < 4.78 is 44.0. The Balaban J connectivity index is 1.60. The van der Waals surface area contributed by atoms with Gasteiger partial charge in [-0.3, -0.25) is 4.79 Å². The van der Waals surface area contributed by atoms with Crippen LogP contribution in [0.4, 0.5) is 8.78 Å². The first-order chi connectivity index (χ1) is 19.2. The zero-order chi connectivity index (χ0) is 28.8. The number of fused-ring (bicyclic) bond motifs is 1. The van der Waals surface area contributed by atoms with Crippen LogP contribution in [0.25, 0.3) is 11.0 Å². The maximum absolute atomic E-state index is 13.9. The van der Waals surface area contributed by atoms with Gasteiger partial charge in [0.2, 0.25) is 5.75 Å². The molecular weight excluding hydrogens is 522 g/mol. The second-order valence-corrected chi connectivity index (χ2v) is 9.39. The minimum Gasteiger partial charge on any atom is -0.504 e. The van der Waals surface area contributed by atoms with Gasteiger partial charge in [-0.1, -0.05) is 31.2 Å². The highest BCUT2D eigenvalue weighted by atomic mass is 19.1. The number of nitrogens with one attached hydrogen (secondary N) is 2. The van der Waals surface area contributed by atoms with Crippen molar-refractivity contribution in [3.05, 3.63) is 88.7 Å². The van der Waals surface area contributed by atoms with Gasteiger partial charge in [-0.05, 0) is 47.7 Å². The second-order valence-electron chi connectivity index (χ2n) is 9.39. The van der Waals surface area contributed by atoms with Crippen LogP contribution in [0, 0.1) is 11.6 Å². The molecule has 4 rings (SSSR count). The number of rotatable bonds is 12. The van der Waals surface area contributed by atoms with E-state index in [0.29, 0.717) is 11.9 Å². The minimum absolute atomic E-state index is 0.0403. The number of phenols is 1. The molecule has 0 aliphatic heterocycles. The molecule has 40 heavy (non-hydrogen) atoms. The number of ether oxygens (including phenoxy) is 2. The van der Waals surface area contributed by atoms with E-state index in [9.17, 15) is 23.8 Å². The number of carbonyl (C=O) groups excluding carboxylic acids is 1. The number of furan rings is 1. The van der Waals surface area contributed by atoms with Crippen molar-refractivity contribution in [1.82, 2.24) is 10.6 Å². The van der Waals surface area contributed by atoms with E-state index in [-0.39, 0.29) is 41.2 Å². The van der Waals surface area contributed by atoms with Crippen molar-refractivity contribution < 1.29 is 37.7 Å². The van der Waals surface area contributed by atoms with Crippen molar-refractivity contribution in [2.24, 2.45) is 0 Å². The van der Waals surface area contributed by atoms with E-state index in [1.54, 1.807) is 6.07 Å². The van der Waals surface area contributed by atoms with E-state index in [2.05, 4.69) is 23.6 Å². The van der Waals surface area contributed by atoms with Crippen LogP contribution in [-0.2, 0) is 19.4 Å². The molecule has 4 aromatic rings. The molecule has 10 heteroatoms. The molecule has 0 saturated heterocycles. The van der Waals surface area contributed by atoms with Crippen LogP contribution in [0.2, 0.25) is 0 Å². The fourth-order valence-electron chi connectivity index (χ4n) is 4.71. The molecule has 0 fully saturated rings. The van der Waals surface area contributed by atoms with Gasteiger partial charge < -0.3 is 34.7 Å². The lowest BCUT2D eigenvalue weighted by molar-refractivity contribution is 0.0824. The number of aliphatic hydroxyl groups excluding tert-OH is 1. The first kappa shape index (κ1) is 28.8. The SMILES string of the molecule is CCc1cccc(CNC[C@@H](O)[C@H](Cc2cc(F)cc(F)c2)NC(=O)c2c(O)c(OC)c3occc3c2OC)c1. The number of benzene rings is 3. The molecule has 0 saturated carbocycles. The van der Waals surface area contributed by atoms with Gasteiger partial charge in [-0.2, -0.15) is 0 Å². The third-order valence-corrected chi connectivity index (χ3v) is 6.67. The lowest BCUT2D eigenvalue weighted by Gasteiger charge is -2.26. The van der Waals surface area contributed by atoms with Gasteiger partial charge in [0.15, 0.2) is 11.3 Å². The summed E-state index contributed by atoms with van der Waals surface area (Å²) in [6.07, 6.45) is 0.991. The quantitative estimate of drug-likeness (QED) is 0.204. The average molecular weight is 555 g/mol. The largest absolute Gasteiger partial charge is 0.504 e. The number of aliphatic hydroxyl groups is 1. The summed E-state index contributed by atoms with van der Waals surface area (Å²) in [5, 5.41) is 28.3. The Bertz CT molecular complexity index is 1470. The van der Waals surface area contributed by atoms with E-state index < -0.39 is 35.4 Å². The zero-order valence-electron chi connectivity index (χ0n) is 22.5. The molecule has 3 aromatic carbocycles. The van der Waals surface area contributed by atoms with Gasteiger partial charge in [0.1, 0.15) is 22.9 Å². The molecule has 0 bridgehead atoms. The number of hydrogen-bond donors (Lipinski definition) is 4. The van der Waals surface area contributed by atoms with E-state index in [4.69, 9.17) is 13.9 Å². The van der Waals surface area contributed by atoms with Crippen molar-refractivity contribution >= 4 is 16.9 Å². The molecule has 0 aliphatic rings. The highest BCUT2D eigenvalue weighted by Gasteiger charge is 2.30. The van der Waals surface area contributed by atoms with Crippen LogP contribution < -0.4 is 20.1 Å². The fourth-order valence-corrected chi connectivity index (χ4v) is 4.71. The lowest BCUT2D eigenvalue weighted by Crippen LogP contribution is -2.48. The fraction of sp³-hybridized carbons (Fsp3) is 0.300. The van der Waals surface area contributed by atoms with E-state index in [1.165, 1.54) is 26.0 Å². The number of aromatic hydroxyl groups is 1. The van der Waals surface area contributed by atoms with Crippen LogP contribution in [0.15, 0.2) is 59.2 Å². The Hall–Kier alpha value is -4.15. The average Bonchev–Trinajstić information content (AvgIpc) is 3.41. The minimum atomic E-state index is -1.17. The first-order valence-electron chi connectivity index (χ1n) is 12.8. The van der Waals surface area contributed by atoms with Crippen molar-refractivity contribution in [2.45, 2.75) is 38.5 Å². The number of amides is 1. The number of phenolic OH excluding ortho intramolecular Hbond substituents is 1. The van der Waals surface area contributed by atoms with Gasteiger partial charge in [-0.25, -0.2) is 8.78 Å². The van der Waals surface area contributed by atoms with Gasteiger partial charge in [0.05, 0.1) is 38.0 Å². The molecule has 0 spiro atoms. The monoisotopic (exact) mass is 554 g/mol. The molecule has 8 nitrogen and oxygen atoms in total. The van der Waals surface area contributed by atoms with E-state index in [0.717, 1.165) is 30.2 Å². The Kier molecular flexibility index (Phi) is 9.23. The topological polar surface area (TPSA) is 113 Å². The van der Waals surface area contributed by atoms with Crippen molar-refractivity contribution in [2.75, 3.05) is 20.8 Å². The molecule has 1 heterocycles. The van der Waals surface area contributed by atoms with Crippen LogP contribution in [-0.4, -0.2) is 49.0 Å². The number of hydrogen-bond acceptors (Lipinski definition) is 7. The summed E-state index contributed by atoms with van der Waals surface area (Å²) in [6, 6.07) is 11.6. The number of aryl methyl sites for hydroxylation is 1. The molecule has 2 atom stereocenters. The summed E-state index contributed by atoms with van der Waals surface area (Å²) in [5.41, 5.74) is 2.39. The highest BCUT2D eigenvalue weighted by molar-refractivity contribution is 6.08. The van der Waals surface area contributed by atoms with Crippen LogP contribution in [0.1, 0.15) is 34.0 Å². The molecule has 1 aromatic heterocycles. The van der Waals surface area contributed by atoms with Gasteiger partial charge >= 0.3 is 0 Å². The van der Waals surface area contributed by atoms with E-state index in [1.807, 2.05) is 18.2 Å². The normalized spacial score (nSPS) is 12.8.